The van der Waals surface area contributed by atoms with E-state index in [1.54, 1.807) is 0 Å². The lowest BCUT2D eigenvalue weighted by atomic mass is 10.2. The number of pyridine rings is 1. The Morgan fingerprint density at radius 2 is 2.11 bits per heavy atom. The molecule has 0 radical (unpaired) electrons. The van der Waals surface area contributed by atoms with E-state index in [9.17, 15) is 0 Å². The molecule has 1 aromatic rings. The summed E-state index contributed by atoms with van der Waals surface area (Å²) in [5, 5.41) is 12.1. The van der Waals surface area contributed by atoms with Crippen LogP contribution < -0.4 is 10.2 Å². The van der Waals surface area contributed by atoms with Crippen LogP contribution in [0.25, 0.3) is 0 Å². The van der Waals surface area contributed by atoms with Gasteiger partial charge < -0.3 is 15.3 Å². The smallest absolute Gasteiger partial charge is 0.0570 e. The first-order valence-electron chi connectivity index (χ1n) is 6.79. The van der Waals surface area contributed by atoms with Gasteiger partial charge >= 0.3 is 0 Å². The minimum atomic E-state index is 0.293. The molecule has 4 nitrogen and oxygen atoms in total. The molecule has 0 atom stereocenters. The van der Waals surface area contributed by atoms with Gasteiger partial charge in [0.05, 0.1) is 23.8 Å². The van der Waals surface area contributed by atoms with Crippen molar-refractivity contribution in [2.75, 3.05) is 37.0 Å². The second kappa shape index (κ2) is 8.75. The summed E-state index contributed by atoms with van der Waals surface area (Å²) in [7, 11) is 2.08. The van der Waals surface area contributed by atoms with Crippen molar-refractivity contribution in [1.82, 2.24) is 4.98 Å². The molecule has 0 unspecified atom stereocenters. The summed E-state index contributed by atoms with van der Waals surface area (Å²) in [5.41, 5.74) is 2.22. The van der Waals surface area contributed by atoms with E-state index in [1.165, 1.54) is 0 Å². The van der Waals surface area contributed by atoms with E-state index in [0.29, 0.717) is 6.61 Å². The van der Waals surface area contributed by atoms with Crippen molar-refractivity contribution >= 4 is 11.4 Å². The molecule has 1 rings (SSSR count). The van der Waals surface area contributed by atoms with Gasteiger partial charge in [-0.3, -0.25) is 4.98 Å². The molecule has 0 aliphatic heterocycles. The van der Waals surface area contributed by atoms with Crippen LogP contribution in [0.5, 0.6) is 0 Å². The molecule has 102 valence electrons. The molecule has 0 saturated carbocycles. The van der Waals surface area contributed by atoms with Crippen molar-refractivity contribution in [3.8, 4) is 0 Å². The van der Waals surface area contributed by atoms with Gasteiger partial charge in [0.2, 0.25) is 0 Å². The lowest BCUT2D eigenvalue weighted by Gasteiger charge is -2.19. The average Bonchev–Trinajstić information content (AvgIpc) is 2.41. The molecule has 0 aromatic carbocycles. The Morgan fingerprint density at radius 1 is 1.28 bits per heavy atom. The van der Waals surface area contributed by atoms with Crippen LogP contribution in [0.1, 0.15) is 32.6 Å². The summed E-state index contributed by atoms with van der Waals surface area (Å²) < 4.78 is 0. The third kappa shape index (κ3) is 5.36. The quantitative estimate of drug-likeness (QED) is 0.662. The molecule has 1 heterocycles. The van der Waals surface area contributed by atoms with Crippen LogP contribution in [0.4, 0.5) is 11.4 Å². The number of unbranched alkanes of at least 4 members (excludes halogenated alkanes) is 2. The largest absolute Gasteiger partial charge is 0.396 e. The van der Waals surface area contributed by atoms with Crippen LogP contribution in [0, 0.1) is 0 Å². The van der Waals surface area contributed by atoms with Gasteiger partial charge in [-0.2, -0.15) is 0 Å². The maximum absolute atomic E-state index is 8.74. The summed E-state index contributed by atoms with van der Waals surface area (Å²) in [6.07, 6.45) is 7.93. The van der Waals surface area contributed by atoms with Crippen molar-refractivity contribution in [3.05, 3.63) is 18.5 Å². The van der Waals surface area contributed by atoms with E-state index in [2.05, 4.69) is 35.2 Å². The van der Waals surface area contributed by atoms with Crippen molar-refractivity contribution in [2.24, 2.45) is 0 Å². The minimum absolute atomic E-state index is 0.293. The number of hydrogen-bond acceptors (Lipinski definition) is 4. The zero-order valence-corrected chi connectivity index (χ0v) is 11.5. The van der Waals surface area contributed by atoms with Gasteiger partial charge in [-0.05, 0) is 31.7 Å². The van der Waals surface area contributed by atoms with E-state index in [4.69, 9.17) is 5.11 Å². The van der Waals surface area contributed by atoms with Gasteiger partial charge in [-0.1, -0.05) is 6.92 Å². The Kier molecular flexibility index (Phi) is 7.18. The Balaban J connectivity index is 2.43. The number of aliphatic hydroxyl groups excluding tert-OH is 1. The summed E-state index contributed by atoms with van der Waals surface area (Å²) in [6, 6.07) is 2.13. The Bertz CT molecular complexity index is 331. The molecule has 0 spiro atoms. The number of hydrogen-bond donors (Lipinski definition) is 2. The number of nitrogens with one attached hydrogen (secondary N) is 1. The Labute approximate surface area is 110 Å². The second-order valence-corrected chi connectivity index (χ2v) is 4.56. The Hall–Kier alpha value is -1.29. The fraction of sp³-hybridized carbons (Fsp3) is 0.643. The third-order valence-corrected chi connectivity index (χ3v) is 2.90. The SMILES string of the molecule is CCCNc1cncc(N(C)CCCCCO)c1. The lowest BCUT2D eigenvalue weighted by molar-refractivity contribution is 0.283. The van der Waals surface area contributed by atoms with Crippen molar-refractivity contribution < 1.29 is 5.11 Å². The van der Waals surface area contributed by atoms with Gasteiger partial charge in [0.15, 0.2) is 0 Å². The molecule has 0 aliphatic carbocycles. The zero-order valence-electron chi connectivity index (χ0n) is 11.5. The zero-order chi connectivity index (χ0) is 13.2. The molecular formula is C14H25N3O. The molecule has 0 bridgehead atoms. The molecular weight excluding hydrogens is 226 g/mol. The predicted octanol–water partition coefficient (Wildman–Crippen LogP) is 2.50. The van der Waals surface area contributed by atoms with Gasteiger partial charge in [0.25, 0.3) is 0 Å². The van der Waals surface area contributed by atoms with Crippen LogP contribution in [-0.4, -0.2) is 36.8 Å². The molecule has 0 aliphatic rings. The standard InChI is InChI=1S/C14H25N3O/c1-3-7-16-13-10-14(12-15-11-13)17(2)8-5-4-6-9-18/h10-12,16,18H,3-9H2,1-2H3. The highest BCUT2D eigenvalue weighted by Crippen LogP contribution is 2.17. The number of rotatable bonds is 9. The predicted molar refractivity (Wildman–Crippen MR) is 77.2 cm³/mol. The van der Waals surface area contributed by atoms with Crippen LogP contribution >= 0.6 is 0 Å². The fourth-order valence-electron chi connectivity index (χ4n) is 1.77. The van der Waals surface area contributed by atoms with E-state index in [0.717, 1.165) is 50.1 Å². The van der Waals surface area contributed by atoms with Gasteiger partial charge in [0.1, 0.15) is 0 Å². The highest BCUT2D eigenvalue weighted by Gasteiger charge is 2.02. The lowest BCUT2D eigenvalue weighted by Crippen LogP contribution is -2.19. The first-order chi connectivity index (χ1) is 8.77. The van der Waals surface area contributed by atoms with Crippen LogP contribution in [0.2, 0.25) is 0 Å². The first kappa shape index (κ1) is 14.8. The monoisotopic (exact) mass is 251 g/mol. The molecule has 0 fully saturated rings. The maximum atomic E-state index is 8.74. The maximum Gasteiger partial charge on any atom is 0.0570 e. The molecule has 0 saturated heterocycles. The van der Waals surface area contributed by atoms with E-state index >= 15 is 0 Å². The fourth-order valence-corrected chi connectivity index (χ4v) is 1.77. The van der Waals surface area contributed by atoms with Gasteiger partial charge in [-0.25, -0.2) is 0 Å². The van der Waals surface area contributed by atoms with Crippen molar-refractivity contribution in [2.45, 2.75) is 32.6 Å². The molecule has 1 aromatic heterocycles. The average molecular weight is 251 g/mol. The summed E-state index contributed by atoms with van der Waals surface area (Å²) in [4.78, 5) is 6.47. The van der Waals surface area contributed by atoms with E-state index < -0.39 is 0 Å². The number of anilines is 2. The van der Waals surface area contributed by atoms with E-state index in [-0.39, 0.29) is 0 Å². The van der Waals surface area contributed by atoms with Crippen LogP contribution in [-0.2, 0) is 0 Å². The summed E-state index contributed by atoms with van der Waals surface area (Å²) >= 11 is 0. The topological polar surface area (TPSA) is 48.4 Å². The number of aliphatic hydroxyl groups is 1. The molecule has 0 amide bonds. The molecule has 2 N–H and O–H groups in total. The van der Waals surface area contributed by atoms with Crippen LogP contribution in [0.3, 0.4) is 0 Å². The number of aromatic nitrogens is 1. The third-order valence-electron chi connectivity index (χ3n) is 2.90. The highest BCUT2D eigenvalue weighted by molar-refractivity contribution is 5.55. The molecule has 4 heteroatoms. The Morgan fingerprint density at radius 3 is 2.83 bits per heavy atom. The van der Waals surface area contributed by atoms with Gasteiger partial charge in [0, 0.05) is 26.7 Å². The van der Waals surface area contributed by atoms with Crippen molar-refractivity contribution in [1.29, 1.82) is 0 Å². The van der Waals surface area contributed by atoms with E-state index in [1.807, 2.05) is 12.4 Å². The normalized spacial score (nSPS) is 10.4. The first-order valence-corrected chi connectivity index (χ1v) is 6.79. The van der Waals surface area contributed by atoms with Crippen molar-refractivity contribution in [3.63, 3.8) is 0 Å². The number of nitrogens with zero attached hydrogens (tertiary/aromatic N) is 2. The highest BCUT2D eigenvalue weighted by atomic mass is 16.2. The second-order valence-electron chi connectivity index (χ2n) is 4.56. The summed E-state index contributed by atoms with van der Waals surface area (Å²) in [5.74, 6) is 0. The van der Waals surface area contributed by atoms with Gasteiger partial charge in [-0.15, -0.1) is 0 Å². The minimum Gasteiger partial charge on any atom is -0.396 e. The summed E-state index contributed by atoms with van der Waals surface area (Å²) in [6.45, 7) is 4.42. The van der Waals surface area contributed by atoms with Crippen LogP contribution in [0.15, 0.2) is 18.5 Å². The molecule has 18 heavy (non-hydrogen) atoms.